The highest BCUT2D eigenvalue weighted by Gasteiger charge is 2.28. The predicted molar refractivity (Wildman–Crippen MR) is 99.4 cm³/mol. The molecule has 1 amide bonds. The molecule has 3 rings (SSSR count). The number of anilines is 1. The van der Waals surface area contributed by atoms with Gasteiger partial charge in [-0.1, -0.05) is 34.5 Å². The minimum atomic E-state index is -0.402. The number of hydrogen-bond acceptors (Lipinski definition) is 4. The summed E-state index contributed by atoms with van der Waals surface area (Å²) in [4.78, 5) is 24.7. The Morgan fingerprint density at radius 2 is 2.00 bits per heavy atom. The molecule has 4 nitrogen and oxygen atoms in total. The largest absolute Gasteiger partial charge is 0.462 e. The van der Waals surface area contributed by atoms with Gasteiger partial charge in [0, 0.05) is 21.3 Å². The molecule has 1 N–H and O–H groups in total. The molecule has 1 aromatic carbocycles. The van der Waals surface area contributed by atoms with E-state index in [2.05, 4.69) is 21.2 Å². The molecule has 1 aliphatic rings. The van der Waals surface area contributed by atoms with Crippen molar-refractivity contribution in [1.82, 2.24) is 0 Å². The summed E-state index contributed by atoms with van der Waals surface area (Å²) in [5, 5.41) is 5.39. The Balaban J connectivity index is 1.94. The first-order chi connectivity index (χ1) is 11.6. The lowest BCUT2D eigenvalue weighted by atomic mass is 9.85. The van der Waals surface area contributed by atoms with Crippen molar-refractivity contribution in [3.05, 3.63) is 39.7 Å². The van der Waals surface area contributed by atoms with Gasteiger partial charge in [0.05, 0.1) is 6.61 Å². The molecule has 24 heavy (non-hydrogen) atoms. The molecule has 0 bridgehead atoms. The highest BCUT2D eigenvalue weighted by atomic mass is 79.9. The first-order valence-corrected chi connectivity index (χ1v) is 9.62. The smallest absolute Gasteiger partial charge is 0.341 e. The van der Waals surface area contributed by atoms with E-state index < -0.39 is 5.97 Å². The third-order valence-corrected chi connectivity index (χ3v) is 5.56. The summed E-state index contributed by atoms with van der Waals surface area (Å²) < 4.78 is 6.17. The zero-order valence-corrected chi connectivity index (χ0v) is 15.7. The predicted octanol–water partition coefficient (Wildman–Crippen LogP) is 5.09. The van der Waals surface area contributed by atoms with Crippen LogP contribution in [0.25, 0.3) is 11.1 Å². The summed E-state index contributed by atoms with van der Waals surface area (Å²) >= 11 is 4.78. The molecule has 2 aromatic rings. The minimum absolute atomic E-state index is 0.00370. The standard InChI is InChI=1S/C18H18BrNO3S/c1-2-23-18(22)15-14(11-6-8-13(19)9-7-11)10-24-17(15)20-16(21)12-4-3-5-12/h6-10,12H,2-5H2,1H3,(H,20,21). The molecule has 1 fully saturated rings. The summed E-state index contributed by atoms with van der Waals surface area (Å²) in [6.45, 7) is 2.07. The van der Waals surface area contributed by atoms with Crippen LogP contribution in [0.4, 0.5) is 5.00 Å². The van der Waals surface area contributed by atoms with Crippen LogP contribution < -0.4 is 5.32 Å². The van der Waals surface area contributed by atoms with E-state index in [1.165, 1.54) is 11.3 Å². The average Bonchev–Trinajstić information content (AvgIpc) is 2.90. The van der Waals surface area contributed by atoms with Crippen LogP contribution >= 0.6 is 27.3 Å². The van der Waals surface area contributed by atoms with E-state index >= 15 is 0 Å². The van der Waals surface area contributed by atoms with E-state index in [0.717, 1.165) is 34.9 Å². The number of benzene rings is 1. The highest BCUT2D eigenvalue weighted by molar-refractivity contribution is 9.10. The number of hydrogen-bond donors (Lipinski definition) is 1. The zero-order valence-electron chi connectivity index (χ0n) is 13.3. The van der Waals surface area contributed by atoms with Crippen LogP contribution in [0.2, 0.25) is 0 Å². The molecule has 0 atom stereocenters. The van der Waals surface area contributed by atoms with Crippen molar-refractivity contribution in [2.24, 2.45) is 5.92 Å². The molecule has 0 unspecified atom stereocenters. The van der Waals surface area contributed by atoms with Gasteiger partial charge >= 0.3 is 5.97 Å². The number of rotatable bonds is 5. The molecule has 1 heterocycles. The van der Waals surface area contributed by atoms with Crippen molar-refractivity contribution in [3.8, 4) is 11.1 Å². The Labute approximate surface area is 153 Å². The SMILES string of the molecule is CCOC(=O)c1c(-c2ccc(Br)cc2)csc1NC(=O)C1CCC1. The molecule has 0 aliphatic heterocycles. The third kappa shape index (κ3) is 3.54. The molecule has 0 spiro atoms. The van der Waals surface area contributed by atoms with E-state index in [1.807, 2.05) is 29.6 Å². The number of ether oxygens (including phenoxy) is 1. The molecular formula is C18H18BrNO3S. The summed E-state index contributed by atoms with van der Waals surface area (Å²) in [6, 6.07) is 7.72. The van der Waals surface area contributed by atoms with E-state index in [9.17, 15) is 9.59 Å². The van der Waals surface area contributed by atoms with Gasteiger partial charge in [0.15, 0.2) is 0 Å². The van der Waals surface area contributed by atoms with Crippen LogP contribution in [0.5, 0.6) is 0 Å². The Morgan fingerprint density at radius 1 is 1.29 bits per heavy atom. The summed E-state index contributed by atoms with van der Waals surface area (Å²) in [5.41, 5.74) is 2.15. The summed E-state index contributed by atoms with van der Waals surface area (Å²) in [5.74, 6) is -0.338. The fraction of sp³-hybridized carbons (Fsp3) is 0.333. The maximum Gasteiger partial charge on any atom is 0.341 e. The van der Waals surface area contributed by atoms with Crippen LogP contribution in [0.15, 0.2) is 34.1 Å². The number of esters is 1. The minimum Gasteiger partial charge on any atom is -0.462 e. The topological polar surface area (TPSA) is 55.4 Å². The van der Waals surface area contributed by atoms with Gasteiger partial charge < -0.3 is 10.1 Å². The van der Waals surface area contributed by atoms with E-state index in [0.29, 0.717) is 17.2 Å². The molecule has 1 aromatic heterocycles. The van der Waals surface area contributed by atoms with Crippen molar-refractivity contribution in [2.45, 2.75) is 26.2 Å². The second kappa shape index (κ2) is 7.49. The second-order valence-electron chi connectivity index (χ2n) is 5.70. The van der Waals surface area contributed by atoms with Gasteiger partial charge in [-0.3, -0.25) is 4.79 Å². The Morgan fingerprint density at radius 3 is 2.58 bits per heavy atom. The first kappa shape index (κ1) is 17.2. The zero-order chi connectivity index (χ0) is 17.1. The Bertz CT molecular complexity index is 750. The molecule has 1 saturated carbocycles. The van der Waals surface area contributed by atoms with Gasteiger partial charge in [-0.25, -0.2) is 4.79 Å². The Kier molecular flexibility index (Phi) is 5.36. The van der Waals surface area contributed by atoms with Crippen molar-refractivity contribution in [3.63, 3.8) is 0 Å². The number of nitrogens with one attached hydrogen (secondary N) is 1. The molecule has 0 radical (unpaired) electrons. The molecule has 0 saturated heterocycles. The van der Waals surface area contributed by atoms with Crippen LogP contribution in [-0.4, -0.2) is 18.5 Å². The number of halogens is 1. The summed E-state index contributed by atoms with van der Waals surface area (Å²) in [6.07, 6.45) is 2.94. The number of thiophene rings is 1. The fourth-order valence-corrected chi connectivity index (χ4v) is 3.81. The van der Waals surface area contributed by atoms with Gasteiger partial charge in [0.2, 0.25) is 5.91 Å². The number of amides is 1. The van der Waals surface area contributed by atoms with Crippen molar-refractivity contribution in [1.29, 1.82) is 0 Å². The lowest BCUT2D eigenvalue weighted by Crippen LogP contribution is -2.28. The van der Waals surface area contributed by atoms with Crippen molar-refractivity contribution < 1.29 is 14.3 Å². The van der Waals surface area contributed by atoms with Crippen molar-refractivity contribution >= 4 is 44.1 Å². The molecular weight excluding hydrogens is 390 g/mol. The van der Waals surface area contributed by atoms with Gasteiger partial charge in [0.1, 0.15) is 10.6 Å². The van der Waals surface area contributed by atoms with Gasteiger partial charge in [-0.15, -0.1) is 11.3 Å². The average molecular weight is 408 g/mol. The number of carbonyl (C=O) groups is 2. The maximum atomic E-state index is 12.4. The third-order valence-electron chi connectivity index (χ3n) is 4.14. The maximum absolute atomic E-state index is 12.4. The lowest BCUT2D eigenvalue weighted by molar-refractivity contribution is -0.122. The van der Waals surface area contributed by atoms with Gasteiger partial charge in [-0.05, 0) is 37.5 Å². The van der Waals surface area contributed by atoms with E-state index in [-0.39, 0.29) is 11.8 Å². The first-order valence-electron chi connectivity index (χ1n) is 7.95. The van der Waals surface area contributed by atoms with Crippen LogP contribution in [0, 0.1) is 5.92 Å². The van der Waals surface area contributed by atoms with Crippen LogP contribution in [0.3, 0.4) is 0 Å². The normalized spacial score (nSPS) is 14.1. The summed E-state index contributed by atoms with van der Waals surface area (Å²) in [7, 11) is 0. The Hall–Kier alpha value is -1.66. The van der Waals surface area contributed by atoms with Crippen molar-refractivity contribution in [2.75, 3.05) is 11.9 Å². The van der Waals surface area contributed by atoms with E-state index in [1.54, 1.807) is 6.92 Å². The second-order valence-corrected chi connectivity index (χ2v) is 7.49. The molecule has 1 aliphatic carbocycles. The van der Waals surface area contributed by atoms with Crippen LogP contribution in [-0.2, 0) is 9.53 Å². The fourth-order valence-electron chi connectivity index (χ4n) is 2.58. The molecule has 6 heteroatoms. The van der Waals surface area contributed by atoms with Gasteiger partial charge in [-0.2, -0.15) is 0 Å². The van der Waals surface area contributed by atoms with Crippen LogP contribution in [0.1, 0.15) is 36.5 Å². The monoisotopic (exact) mass is 407 g/mol. The number of carbonyl (C=O) groups excluding carboxylic acids is 2. The van der Waals surface area contributed by atoms with E-state index in [4.69, 9.17) is 4.74 Å². The highest BCUT2D eigenvalue weighted by Crippen LogP contribution is 2.38. The quantitative estimate of drug-likeness (QED) is 0.701. The lowest BCUT2D eigenvalue weighted by Gasteiger charge is -2.23. The molecule has 126 valence electrons. The van der Waals surface area contributed by atoms with Gasteiger partial charge in [0.25, 0.3) is 0 Å².